The molecule has 0 spiro atoms. The van der Waals surface area contributed by atoms with Crippen LogP contribution in [0.5, 0.6) is 0 Å². The Bertz CT molecular complexity index is 782. The van der Waals surface area contributed by atoms with Crippen LogP contribution in [0.15, 0.2) is 59.5 Å². The molecule has 2 aromatic rings. The number of rotatable bonds is 7. The van der Waals surface area contributed by atoms with Crippen molar-refractivity contribution in [2.24, 2.45) is 0 Å². The molecule has 1 atom stereocenters. The van der Waals surface area contributed by atoms with E-state index in [2.05, 4.69) is 5.32 Å². The molecule has 0 saturated carbocycles. The van der Waals surface area contributed by atoms with Crippen LogP contribution < -0.4 is 5.32 Å². The zero-order valence-electron chi connectivity index (χ0n) is 17.4. The maximum absolute atomic E-state index is 13.0. The Morgan fingerprint density at radius 3 is 2.21 bits per heavy atom. The van der Waals surface area contributed by atoms with Crippen molar-refractivity contribution >= 4 is 23.6 Å². The lowest BCUT2D eigenvalue weighted by atomic mass is 10.1. The van der Waals surface area contributed by atoms with Gasteiger partial charge in [0.25, 0.3) is 0 Å². The van der Waals surface area contributed by atoms with Crippen LogP contribution in [0, 0.1) is 6.92 Å². The van der Waals surface area contributed by atoms with Crippen molar-refractivity contribution in [3.8, 4) is 0 Å². The summed E-state index contributed by atoms with van der Waals surface area (Å²) in [4.78, 5) is 28.4. The maximum Gasteiger partial charge on any atom is 0.242 e. The number of nitrogens with zero attached hydrogens (tertiary/aromatic N) is 1. The normalized spacial score (nSPS) is 12.3. The molecule has 2 aromatic carbocycles. The largest absolute Gasteiger partial charge is 0.350 e. The minimum atomic E-state index is -0.551. The summed E-state index contributed by atoms with van der Waals surface area (Å²) < 4.78 is 0. The summed E-state index contributed by atoms with van der Waals surface area (Å²) in [5.41, 5.74) is 1.83. The number of carbonyl (C=O) groups is 2. The van der Waals surface area contributed by atoms with E-state index < -0.39 is 6.04 Å². The van der Waals surface area contributed by atoms with Gasteiger partial charge in [-0.3, -0.25) is 9.59 Å². The van der Waals surface area contributed by atoms with E-state index in [1.807, 2.05) is 82.3 Å². The second kappa shape index (κ2) is 9.78. The summed E-state index contributed by atoms with van der Waals surface area (Å²) in [6.45, 7) is 10.1. The summed E-state index contributed by atoms with van der Waals surface area (Å²) in [6, 6.07) is 17.3. The number of benzene rings is 2. The summed E-state index contributed by atoms with van der Waals surface area (Å²) in [5.74, 6) is 0.104. The molecular weight excluding hydrogens is 368 g/mol. The second-order valence-electron chi connectivity index (χ2n) is 8.02. The van der Waals surface area contributed by atoms with Gasteiger partial charge in [0.05, 0.1) is 5.75 Å². The molecule has 28 heavy (non-hydrogen) atoms. The van der Waals surface area contributed by atoms with Gasteiger partial charge in [-0.05, 0) is 52.3 Å². The van der Waals surface area contributed by atoms with Gasteiger partial charge in [-0.25, -0.2) is 0 Å². The zero-order chi connectivity index (χ0) is 20.7. The lowest BCUT2D eigenvalue weighted by Gasteiger charge is -2.31. The van der Waals surface area contributed by atoms with Crippen LogP contribution in [-0.2, 0) is 16.1 Å². The molecule has 0 heterocycles. The molecule has 0 aliphatic carbocycles. The molecule has 0 aromatic heterocycles. The third-order valence-electron chi connectivity index (χ3n) is 4.24. The van der Waals surface area contributed by atoms with Crippen molar-refractivity contribution in [3.05, 3.63) is 65.7 Å². The Kier molecular flexibility index (Phi) is 7.69. The van der Waals surface area contributed by atoms with E-state index in [4.69, 9.17) is 0 Å². The summed E-state index contributed by atoms with van der Waals surface area (Å²) >= 11 is 1.49. The van der Waals surface area contributed by atoms with Crippen molar-refractivity contribution in [2.75, 3.05) is 5.75 Å². The van der Waals surface area contributed by atoms with Gasteiger partial charge in [-0.15, -0.1) is 11.8 Å². The molecule has 0 radical (unpaired) electrons. The van der Waals surface area contributed by atoms with Crippen molar-refractivity contribution < 1.29 is 9.59 Å². The van der Waals surface area contributed by atoms with E-state index in [-0.39, 0.29) is 17.4 Å². The molecule has 0 bridgehead atoms. The molecule has 2 amide bonds. The van der Waals surface area contributed by atoms with Crippen LogP contribution in [0.2, 0.25) is 0 Å². The van der Waals surface area contributed by atoms with Crippen LogP contribution >= 0.6 is 11.8 Å². The molecule has 2 rings (SSSR count). The molecule has 150 valence electrons. The average molecular weight is 399 g/mol. The van der Waals surface area contributed by atoms with Gasteiger partial charge in [0.15, 0.2) is 0 Å². The van der Waals surface area contributed by atoms with E-state index >= 15 is 0 Å². The number of aryl methyl sites for hydroxylation is 1. The van der Waals surface area contributed by atoms with Crippen LogP contribution in [0.25, 0.3) is 0 Å². The predicted molar refractivity (Wildman–Crippen MR) is 116 cm³/mol. The van der Waals surface area contributed by atoms with Crippen molar-refractivity contribution in [1.82, 2.24) is 10.2 Å². The number of carbonyl (C=O) groups excluding carboxylic acids is 2. The SMILES string of the molecule is Cc1ccc(CN(C(=O)CSc2ccccc2)[C@H](C)C(=O)NC(C)(C)C)cc1. The Morgan fingerprint density at radius 2 is 1.64 bits per heavy atom. The quantitative estimate of drug-likeness (QED) is 0.703. The van der Waals surface area contributed by atoms with Crippen molar-refractivity contribution in [2.45, 2.75) is 57.6 Å². The predicted octanol–water partition coefficient (Wildman–Crippen LogP) is 4.42. The Labute approximate surface area is 172 Å². The van der Waals surface area contributed by atoms with Crippen LogP contribution in [0.4, 0.5) is 0 Å². The fourth-order valence-corrected chi connectivity index (χ4v) is 3.50. The van der Waals surface area contributed by atoms with E-state index in [0.717, 1.165) is 10.5 Å². The first kappa shape index (κ1) is 22.0. The monoisotopic (exact) mass is 398 g/mol. The maximum atomic E-state index is 13.0. The van der Waals surface area contributed by atoms with Gasteiger partial charge < -0.3 is 10.2 Å². The Balaban J connectivity index is 2.15. The first-order chi connectivity index (χ1) is 13.2. The molecule has 0 aliphatic rings. The van der Waals surface area contributed by atoms with E-state index in [1.165, 1.54) is 17.3 Å². The van der Waals surface area contributed by atoms with E-state index in [0.29, 0.717) is 12.3 Å². The molecule has 5 heteroatoms. The molecule has 1 N–H and O–H groups in total. The molecular formula is C23H30N2O2S. The first-order valence-electron chi connectivity index (χ1n) is 9.50. The van der Waals surface area contributed by atoms with Crippen LogP contribution in [0.1, 0.15) is 38.8 Å². The van der Waals surface area contributed by atoms with E-state index in [1.54, 1.807) is 11.8 Å². The minimum Gasteiger partial charge on any atom is -0.350 e. The highest BCUT2D eigenvalue weighted by molar-refractivity contribution is 8.00. The molecule has 0 fully saturated rings. The number of thioether (sulfide) groups is 1. The van der Waals surface area contributed by atoms with Crippen molar-refractivity contribution in [1.29, 1.82) is 0 Å². The molecule has 0 aliphatic heterocycles. The summed E-state index contributed by atoms with van der Waals surface area (Å²) in [5, 5.41) is 2.98. The number of amides is 2. The third kappa shape index (κ3) is 7.04. The zero-order valence-corrected chi connectivity index (χ0v) is 18.2. The van der Waals surface area contributed by atoms with Gasteiger partial charge in [0.2, 0.25) is 11.8 Å². The molecule has 0 saturated heterocycles. The fourth-order valence-electron chi connectivity index (χ4n) is 2.69. The highest BCUT2D eigenvalue weighted by atomic mass is 32.2. The van der Waals surface area contributed by atoms with Gasteiger partial charge >= 0.3 is 0 Å². The Hall–Kier alpha value is -2.27. The van der Waals surface area contributed by atoms with Crippen LogP contribution in [-0.4, -0.2) is 34.0 Å². The lowest BCUT2D eigenvalue weighted by Crippen LogP contribution is -2.52. The van der Waals surface area contributed by atoms with E-state index in [9.17, 15) is 9.59 Å². The minimum absolute atomic E-state index is 0.0500. The lowest BCUT2D eigenvalue weighted by molar-refractivity contribution is -0.139. The second-order valence-corrected chi connectivity index (χ2v) is 9.07. The number of hydrogen-bond acceptors (Lipinski definition) is 3. The number of nitrogens with one attached hydrogen (secondary N) is 1. The fraction of sp³-hybridized carbons (Fsp3) is 0.391. The van der Waals surface area contributed by atoms with Gasteiger partial charge in [-0.2, -0.15) is 0 Å². The van der Waals surface area contributed by atoms with Gasteiger partial charge in [-0.1, -0.05) is 48.0 Å². The highest BCUT2D eigenvalue weighted by Crippen LogP contribution is 2.19. The third-order valence-corrected chi connectivity index (χ3v) is 5.24. The highest BCUT2D eigenvalue weighted by Gasteiger charge is 2.28. The topological polar surface area (TPSA) is 49.4 Å². The molecule has 4 nitrogen and oxygen atoms in total. The van der Waals surface area contributed by atoms with Gasteiger partial charge in [0, 0.05) is 17.0 Å². The van der Waals surface area contributed by atoms with Crippen molar-refractivity contribution in [3.63, 3.8) is 0 Å². The summed E-state index contributed by atoms with van der Waals surface area (Å²) in [6.07, 6.45) is 0. The standard InChI is InChI=1S/C23H30N2O2S/c1-17-11-13-19(14-12-17)15-25(18(2)22(27)24-23(3,4)5)21(26)16-28-20-9-7-6-8-10-20/h6-14,18H,15-16H2,1-5H3,(H,24,27)/t18-/m1/s1. The van der Waals surface area contributed by atoms with Crippen LogP contribution in [0.3, 0.4) is 0 Å². The first-order valence-corrected chi connectivity index (χ1v) is 10.5. The average Bonchev–Trinajstić information content (AvgIpc) is 2.64. The van der Waals surface area contributed by atoms with Gasteiger partial charge in [0.1, 0.15) is 6.04 Å². The smallest absolute Gasteiger partial charge is 0.242 e. The molecule has 0 unspecified atom stereocenters. The Morgan fingerprint density at radius 1 is 1.04 bits per heavy atom. The summed E-state index contributed by atoms with van der Waals surface area (Å²) in [7, 11) is 0. The number of hydrogen-bond donors (Lipinski definition) is 1.